The highest BCUT2D eigenvalue weighted by Gasteiger charge is 2.54. The van der Waals surface area contributed by atoms with Crippen LogP contribution in [0.5, 0.6) is 28.7 Å². The van der Waals surface area contributed by atoms with E-state index in [0.29, 0.717) is 0 Å². The fourth-order valence-electron chi connectivity index (χ4n) is 7.57. The van der Waals surface area contributed by atoms with Crippen LogP contribution in [0, 0.1) is 0 Å². The molecule has 26 nitrogen and oxygen atoms in total. The summed E-state index contributed by atoms with van der Waals surface area (Å²) in [4.78, 5) is 139. The first-order valence-electron chi connectivity index (χ1n) is 21.9. The third kappa shape index (κ3) is 14.5. The molecule has 0 N–H and O–H groups in total. The fraction of sp³-hybridized carbons (Fsp3) is 0.468. The zero-order valence-corrected chi connectivity index (χ0v) is 41.0. The van der Waals surface area contributed by atoms with E-state index in [-0.39, 0.29) is 17.1 Å². The van der Waals surface area contributed by atoms with E-state index in [2.05, 4.69) is 0 Å². The number of benzene rings is 2. The lowest BCUT2D eigenvalue weighted by Gasteiger charge is -2.43. The maximum absolute atomic E-state index is 15.2. The van der Waals surface area contributed by atoms with Gasteiger partial charge in [-0.3, -0.25) is 52.7 Å². The van der Waals surface area contributed by atoms with Crippen LogP contribution in [0.3, 0.4) is 0 Å². The Balaban J connectivity index is 1.82. The topological polar surface area (TPSA) is 330 Å². The van der Waals surface area contributed by atoms with Crippen molar-refractivity contribution in [2.24, 2.45) is 0 Å². The maximum Gasteiger partial charge on any atom is 0.308 e. The highest BCUT2D eigenvalue weighted by Crippen LogP contribution is 2.42. The number of esters is 10. The molecule has 1 aromatic heterocycles. The van der Waals surface area contributed by atoms with Crippen LogP contribution in [-0.2, 0) is 90.6 Å². The molecular formula is C47H50O26. The Morgan fingerprint density at radius 3 is 1.47 bits per heavy atom. The molecule has 0 amide bonds. The molecule has 3 heterocycles. The highest BCUT2D eigenvalue weighted by atomic mass is 16.7. The van der Waals surface area contributed by atoms with Crippen LogP contribution < -0.4 is 29.1 Å². The van der Waals surface area contributed by atoms with Crippen molar-refractivity contribution >= 4 is 70.7 Å². The molecule has 5 rings (SSSR count). The van der Waals surface area contributed by atoms with Crippen molar-refractivity contribution < 1.29 is 119 Å². The second kappa shape index (κ2) is 23.9. The van der Waals surface area contributed by atoms with Crippen molar-refractivity contribution in [3.63, 3.8) is 0 Å². The molecule has 394 valence electrons. The van der Waals surface area contributed by atoms with Gasteiger partial charge in [0.2, 0.25) is 36.0 Å². The molecule has 10 atom stereocenters. The smallest absolute Gasteiger partial charge is 0.308 e. The van der Waals surface area contributed by atoms with E-state index in [0.717, 1.165) is 93.5 Å². The van der Waals surface area contributed by atoms with E-state index < -0.39 is 167 Å². The monoisotopic (exact) mass is 1030 g/mol. The predicted molar refractivity (Wildman–Crippen MR) is 236 cm³/mol. The van der Waals surface area contributed by atoms with Gasteiger partial charge in [-0.25, -0.2) is 0 Å². The minimum absolute atomic E-state index is 0.188. The SMILES string of the molecule is CC(=O)OC[C@H]1O[C@@H](Oc2c(-c3ccc(OC(C)=O)c(OC(C)=O)c3)oc3cc(O[C@@H]4O[C@@H](C)[C@H](OC(C)=O)[C@@H](OC(C)=O)[C@H]4OC(C)=O)cc(OC(C)=O)c3c2=O)[C@H](OC(C)=O)[C@@H](OC(C)=O)[C@@H]1OC(C)=O. The minimum Gasteiger partial charge on any atom is -0.463 e. The van der Waals surface area contributed by atoms with Gasteiger partial charge in [-0.2, -0.15) is 0 Å². The molecule has 0 spiro atoms. The minimum atomic E-state index is -2.07. The normalized spacial score (nSPS) is 23.3. The van der Waals surface area contributed by atoms with Gasteiger partial charge in [0.25, 0.3) is 0 Å². The van der Waals surface area contributed by atoms with Gasteiger partial charge < -0.3 is 70.7 Å². The number of carbonyl (C=O) groups is 10. The lowest BCUT2D eigenvalue weighted by Crippen LogP contribution is -2.63. The molecule has 0 saturated carbocycles. The lowest BCUT2D eigenvalue weighted by atomic mass is 9.98. The molecule has 26 heteroatoms. The summed E-state index contributed by atoms with van der Waals surface area (Å²) < 4.78 is 85.0. The van der Waals surface area contributed by atoms with Crippen LogP contribution in [0.2, 0.25) is 0 Å². The van der Waals surface area contributed by atoms with Crippen LogP contribution in [0.25, 0.3) is 22.3 Å². The van der Waals surface area contributed by atoms with Gasteiger partial charge in [0.15, 0.2) is 41.7 Å². The predicted octanol–water partition coefficient (Wildman–Crippen LogP) is 2.62. The number of carbonyl (C=O) groups excluding carboxylic acids is 10. The zero-order chi connectivity index (χ0) is 54.2. The average Bonchev–Trinajstić information content (AvgIpc) is 3.24. The van der Waals surface area contributed by atoms with Crippen molar-refractivity contribution in [2.75, 3.05) is 6.61 Å². The Bertz CT molecular complexity index is 2740. The van der Waals surface area contributed by atoms with Crippen LogP contribution in [-0.4, -0.2) is 128 Å². The van der Waals surface area contributed by atoms with Crippen LogP contribution in [0.1, 0.15) is 76.2 Å². The van der Waals surface area contributed by atoms with E-state index in [1.807, 2.05) is 0 Å². The van der Waals surface area contributed by atoms with Gasteiger partial charge in [0, 0.05) is 86.9 Å². The molecule has 3 aromatic rings. The molecule has 0 radical (unpaired) electrons. The summed E-state index contributed by atoms with van der Waals surface area (Å²) in [5, 5.41) is -0.564. The molecule has 0 unspecified atom stereocenters. The van der Waals surface area contributed by atoms with Crippen LogP contribution in [0.4, 0.5) is 0 Å². The number of hydrogen-bond donors (Lipinski definition) is 0. The lowest BCUT2D eigenvalue weighted by molar-refractivity contribution is -0.288. The second-order valence-electron chi connectivity index (χ2n) is 16.1. The first kappa shape index (κ1) is 55.8. The quantitative estimate of drug-likeness (QED) is 0.113. The number of fused-ring (bicyclic) bond motifs is 1. The third-order valence-corrected chi connectivity index (χ3v) is 9.93. The van der Waals surface area contributed by atoms with Crippen molar-refractivity contribution in [3.05, 3.63) is 40.6 Å². The summed E-state index contributed by atoms with van der Waals surface area (Å²) in [5.41, 5.74) is -1.85. The Morgan fingerprint density at radius 1 is 0.479 bits per heavy atom. The third-order valence-electron chi connectivity index (χ3n) is 9.93. The molecule has 2 aromatic carbocycles. The number of hydrogen-bond acceptors (Lipinski definition) is 26. The molecule has 2 aliphatic heterocycles. The van der Waals surface area contributed by atoms with Crippen molar-refractivity contribution in [1.82, 2.24) is 0 Å². The Labute approximate surface area is 413 Å². The molecule has 0 bridgehead atoms. The van der Waals surface area contributed by atoms with Crippen LogP contribution in [0.15, 0.2) is 39.5 Å². The van der Waals surface area contributed by atoms with Gasteiger partial charge in [-0.1, -0.05) is 0 Å². The standard InChI is InChI=1S/C47H50O26/c1-18-38(64-23(6)52)42(66-25(8)54)44(68-27(10)56)46(60-18)70-30-15-33(63-22(5)51)36-34(16-30)71-39(29-12-13-31(61-20(3)49)32(14-29)62-21(4)50)41(37(36)58)73-47-45(69-28(11)57)43(67-26(9)55)40(65-24(7)53)35(72-47)17-59-19(2)48/h12-16,18,35,38,40,42-47H,17H2,1-11H3/t18-,35+,38-,40+,42+,43-,44+,45+,46-,47-/m0/s1. The average molecular weight is 1030 g/mol. The van der Waals surface area contributed by atoms with Gasteiger partial charge in [-0.15, -0.1) is 0 Å². The first-order valence-corrected chi connectivity index (χ1v) is 21.9. The highest BCUT2D eigenvalue weighted by molar-refractivity contribution is 5.91. The fourth-order valence-corrected chi connectivity index (χ4v) is 7.57. The summed E-state index contributed by atoms with van der Waals surface area (Å²) in [7, 11) is 0. The number of rotatable bonds is 16. The van der Waals surface area contributed by atoms with Gasteiger partial charge in [0.05, 0.1) is 6.10 Å². The molecule has 73 heavy (non-hydrogen) atoms. The molecule has 0 aliphatic carbocycles. The van der Waals surface area contributed by atoms with E-state index in [9.17, 15) is 47.9 Å². The van der Waals surface area contributed by atoms with Crippen molar-refractivity contribution in [1.29, 1.82) is 0 Å². The second-order valence-corrected chi connectivity index (χ2v) is 16.1. The molecule has 2 fully saturated rings. The van der Waals surface area contributed by atoms with Gasteiger partial charge in [-0.05, 0) is 25.1 Å². The summed E-state index contributed by atoms with van der Waals surface area (Å²) in [6.45, 7) is 10.9. The molecular weight excluding hydrogens is 980 g/mol. The number of ether oxygens (including phenoxy) is 14. The summed E-state index contributed by atoms with van der Waals surface area (Å²) >= 11 is 0. The van der Waals surface area contributed by atoms with E-state index in [1.54, 1.807) is 0 Å². The summed E-state index contributed by atoms with van der Waals surface area (Å²) in [6, 6.07) is 5.57. The maximum atomic E-state index is 15.2. The summed E-state index contributed by atoms with van der Waals surface area (Å²) in [5.74, 6) is -12.2. The zero-order valence-electron chi connectivity index (χ0n) is 41.0. The Morgan fingerprint density at radius 2 is 0.945 bits per heavy atom. The van der Waals surface area contributed by atoms with Crippen molar-refractivity contribution in [3.8, 4) is 40.1 Å². The molecule has 2 saturated heterocycles. The Kier molecular flexibility index (Phi) is 18.2. The van der Waals surface area contributed by atoms with Gasteiger partial charge >= 0.3 is 59.7 Å². The van der Waals surface area contributed by atoms with Gasteiger partial charge in [0.1, 0.15) is 35.2 Å². The van der Waals surface area contributed by atoms with Crippen molar-refractivity contribution in [2.45, 2.75) is 138 Å². The van der Waals surface area contributed by atoms with Crippen LogP contribution >= 0.6 is 0 Å². The Hall–Kier alpha value is -8.13. The van der Waals surface area contributed by atoms with E-state index in [1.165, 1.54) is 13.0 Å². The van der Waals surface area contributed by atoms with E-state index >= 15 is 4.79 Å². The van der Waals surface area contributed by atoms with E-state index in [4.69, 9.17) is 70.7 Å². The first-order chi connectivity index (χ1) is 34.2. The summed E-state index contributed by atoms with van der Waals surface area (Å²) in [6.07, 6.45) is -16.3. The largest absolute Gasteiger partial charge is 0.463 e. The molecule has 2 aliphatic rings.